The molecule has 0 atom stereocenters. The Morgan fingerprint density at radius 3 is 2.56 bits per heavy atom. The van der Waals surface area contributed by atoms with E-state index in [1.54, 1.807) is 18.3 Å². The van der Waals surface area contributed by atoms with Crippen LogP contribution in [0.25, 0.3) is 10.2 Å². The first-order valence-corrected chi connectivity index (χ1v) is 9.28. The fourth-order valence-electron chi connectivity index (χ4n) is 2.35. The minimum atomic E-state index is -0.803. The van der Waals surface area contributed by atoms with Crippen molar-refractivity contribution in [3.05, 3.63) is 46.1 Å². The number of para-hydroxylation sites is 1. The van der Waals surface area contributed by atoms with Gasteiger partial charge in [-0.2, -0.15) is 0 Å². The van der Waals surface area contributed by atoms with Crippen LogP contribution in [0.1, 0.15) is 16.3 Å². The zero-order valence-electron chi connectivity index (χ0n) is 13.8. The first-order chi connectivity index (χ1) is 11.9. The lowest BCUT2D eigenvalue weighted by molar-refractivity contribution is -0.113. The minimum Gasteiger partial charge on any atom is -0.320 e. The average Bonchev–Trinajstić information content (AvgIpc) is 2.83. The molecule has 1 aromatic carbocycles. The molecule has 0 unspecified atom stereocenters. The molecular formula is C17H15F2N3OS2. The molecule has 0 saturated carbocycles. The van der Waals surface area contributed by atoms with Gasteiger partial charge in [0.1, 0.15) is 33.0 Å². The summed E-state index contributed by atoms with van der Waals surface area (Å²) in [5.74, 6) is -1.49. The highest BCUT2D eigenvalue weighted by atomic mass is 32.2. The number of halogens is 2. The summed E-state index contributed by atoms with van der Waals surface area (Å²) in [5, 5.41) is 3.92. The van der Waals surface area contributed by atoms with E-state index in [9.17, 15) is 13.6 Å². The van der Waals surface area contributed by atoms with Gasteiger partial charge in [0.2, 0.25) is 5.91 Å². The molecule has 2 heterocycles. The number of amides is 1. The third-order valence-corrected chi connectivity index (χ3v) is 5.75. The molecule has 0 aliphatic rings. The number of thioether (sulfide) groups is 1. The topological polar surface area (TPSA) is 54.9 Å². The number of carbonyl (C=O) groups excluding carboxylic acids is 1. The Morgan fingerprint density at radius 2 is 1.88 bits per heavy atom. The number of rotatable bonds is 4. The fourth-order valence-corrected chi connectivity index (χ4v) is 4.42. The van der Waals surface area contributed by atoms with E-state index in [4.69, 9.17) is 0 Å². The monoisotopic (exact) mass is 379 g/mol. The number of hydrogen-bond acceptors (Lipinski definition) is 5. The number of benzene rings is 1. The van der Waals surface area contributed by atoms with Crippen molar-refractivity contribution in [1.82, 2.24) is 9.97 Å². The molecule has 0 radical (unpaired) electrons. The number of carbonyl (C=O) groups is 1. The lowest BCUT2D eigenvalue weighted by Crippen LogP contribution is -2.16. The van der Waals surface area contributed by atoms with Gasteiger partial charge in [0.25, 0.3) is 0 Å². The van der Waals surface area contributed by atoms with Crippen molar-refractivity contribution in [2.75, 3.05) is 11.1 Å². The number of thiophene rings is 1. The lowest BCUT2D eigenvalue weighted by Gasteiger charge is -2.08. The number of nitrogens with zero attached hydrogens (tertiary/aromatic N) is 2. The second-order valence-corrected chi connectivity index (χ2v) is 7.64. The SMILES string of the molecule is Cc1nc(SCC(=O)Nc2c(F)cccc2F)c2c(C)c(C)sc2n1. The molecule has 0 aliphatic carbocycles. The highest BCUT2D eigenvalue weighted by molar-refractivity contribution is 8.00. The third kappa shape index (κ3) is 3.64. The van der Waals surface area contributed by atoms with E-state index in [0.29, 0.717) is 10.9 Å². The molecule has 0 aliphatic heterocycles. The lowest BCUT2D eigenvalue weighted by atomic mass is 10.2. The Labute approximate surface area is 151 Å². The summed E-state index contributed by atoms with van der Waals surface area (Å²) >= 11 is 2.81. The summed E-state index contributed by atoms with van der Waals surface area (Å²) in [6, 6.07) is 3.44. The van der Waals surface area contributed by atoms with Crippen LogP contribution in [0.3, 0.4) is 0 Å². The van der Waals surface area contributed by atoms with E-state index in [1.165, 1.54) is 17.8 Å². The number of anilines is 1. The molecule has 8 heteroatoms. The molecule has 4 nitrogen and oxygen atoms in total. The maximum atomic E-state index is 13.6. The number of aromatic nitrogens is 2. The molecule has 0 fully saturated rings. The fraction of sp³-hybridized carbons (Fsp3) is 0.235. The van der Waals surface area contributed by atoms with Crippen molar-refractivity contribution in [3.63, 3.8) is 0 Å². The summed E-state index contributed by atoms with van der Waals surface area (Å²) in [5.41, 5.74) is 0.655. The second-order valence-electron chi connectivity index (χ2n) is 5.47. The van der Waals surface area contributed by atoms with Gasteiger partial charge in [-0.1, -0.05) is 17.8 Å². The maximum absolute atomic E-state index is 13.6. The zero-order chi connectivity index (χ0) is 18.1. The Bertz CT molecular complexity index is 952. The minimum absolute atomic E-state index is 0.00629. The molecule has 1 amide bonds. The normalized spacial score (nSPS) is 11.1. The van der Waals surface area contributed by atoms with Gasteiger partial charge in [-0.05, 0) is 38.5 Å². The van der Waals surface area contributed by atoms with E-state index in [-0.39, 0.29) is 5.75 Å². The molecule has 2 aromatic heterocycles. The Kier molecular flexibility index (Phi) is 5.01. The Hall–Kier alpha value is -2.06. The van der Waals surface area contributed by atoms with Gasteiger partial charge >= 0.3 is 0 Å². The predicted molar refractivity (Wildman–Crippen MR) is 97.3 cm³/mol. The standard InChI is InChI=1S/C17H15F2N3OS2/c1-8-9(2)25-17-14(8)16(20-10(3)21-17)24-7-13(23)22-15-11(18)5-4-6-12(15)19/h4-6H,7H2,1-3H3,(H,22,23). The van der Waals surface area contributed by atoms with Crippen LogP contribution >= 0.6 is 23.1 Å². The largest absolute Gasteiger partial charge is 0.320 e. The van der Waals surface area contributed by atoms with E-state index >= 15 is 0 Å². The summed E-state index contributed by atoms with van der Waals surface area (Å²) in [6.07, 6.45) is 0. The van der Waals surface area contributed by atoms with Gasteiger partial charge in [-0.15, -0.1) is 11.3 Å². The van der Waals surface area contributed by atoms with Crippen molar-refractivity contribution in [2.24, 2.45) is 0 Å². The predicted octanol–water partition coefficient (Wildman–Crippen LogP) is 4.63. The number of nitrogens with one attached hydrogen (secondary N) is 1. The first kappa shape index (κ1) is 17.8. The van der Waals surface area contributed by atoms with E-state index < -0.39 is 23.2 Å². The highest BCUT2D eigenvalue weighted by Crippen LogP contribution is 2.35. The van der Waals surface area contributed by atoms with E-state index in [0.717, 1.165) is 32.8 Å². The summed E-state index contributed by atoms with van der Waals surface area (Å²) in [6.45, 7) is 5.80. The summed E-state index contributed by atoms with van der Waals surface area (Å²) in [4.78, 5) is 23.0. The first-order valence-electron chi connectivity index (χ1n) is 7.48. The molecular weight excluding hydrogens is 364 g/mol. The smallest absolute Gasteiger partial charge is 0.234 e. The number of fused-ring (bicyclic) bond motifs is 1. The Morgan fingerprint density at radius 1 is 1.20 bits per heavy atom. The van der Waals surface area contributed by atoms with Gasteiger partial charge in [0, 0.05) is 10.3 Å². The van der Waals surface area contributed by atoms with Crippen LogP contribution in [-0.4, -0.2) is 21.6 Å². The van der Waals surface area contributed by atoms with Crippen molar-refractivity contribution in [1.29, 1.82) is 0 Å². The van der Waals surface area contributed by atoms with Gasteiger partial charge in [-0.3, -0.25) is 4.79 Å². The molecule has 3 rings (SSSR count). The van der Waals surface area contributed by atoms with Gasteiger partial charge in [0.15, 0.2) is 0 Å². The van der Waals surface area contributed by atoms with Crippen LogP contribution in [0.5, 0.6) is 0 Å². The third-order valence-electron chi connectivity index (χ3n) is 3.67. The van der Waals surface area contributed by atoms with Gasteiger partial charge in [-0.25, -0.2) is 18.7 Å². The maximum Gasteiger partial charge on any atom is 0.234 e. The van der Waals surface area contributed by atoms with Crippen LogP contribution in [0.15, 0.2) is 23.2 Å². The summed E-state index contributed by atoms with van der Waals surface area (Å²) in [7, 11) is 0. The van der Waals surface area contributed by atoms with Crippen molar-refractivity contribution in [2.45, 2.75) is 25.8 Å². The molecule has 3 aromatic rings. The molecule has 1 N–H and O–H groups in total. The Balaban J connectivity index is 1.80. The van der Waals surface area contributed by atoms with Crippen LogP contribution < -0.4 is 5.32 Å². The van der Waals surface area contributed by atoms with Crippen LogP contribution in [0.4, 0.5) is 14.5 Å². The number of aryl methyl sites for hydroxylation is 3. The van der Waals surface area contributed by atoms with Crippen LogP contribution in [0, 0.1) is 32.4 Å². The van der Waals surface area contributed by atoms with E-state index in [1.807, 2.05) is 13.8 Å². The highest BCUT2D eigenvalue weighted by Gasteiger charge is 2.16. The molecule has 0 spiro atoms. The van der Waals surface area contributed by atoms with Gasteiger partial charge in [0.05, 0.1) is 5.75 Å². The molecule has 0 bridgehead atoms. The average molecular weight is 379 g/mol. The van der Waals surface area contributed by atoms with Crippen LogP contribution in [0.2, 0.25) is 0 Å². The second kappa shape index (κ2) is 7.05. The van der Waals surface area contributed by atoms with E-state index in [2.05, 4.69) is 15.3 Å². The molecule has 25 heavy (non-hydrogen) atoms. The van der Waals surface area contributed by atoms with Crippen molar-refractivity contribution in [3.8, 4) is 0 Å². The van der Waals surface area contributed by atoms with Crippen molar-refractivity contribution >= 4 is 44.9 Å². The zero-order valence-corrected chi connectivity index (χ0v) is 15.4. The number of hydrogen-bond donors (Lipinski definition) is 1. The van der Waals surface area contributed by atoms with Crippen LogP contribution in [-0.2, 0) is 4.79 Å². The molecule has 130 valence electrons. The summed E-state index contributed by atoms with van der Waals surface area (Å²) < 4.78 is 27.2. The molecule has 0 saturated heterocycles. The van der Waals surface area contributed by atoms with Crippen molar-refractivity contribution < 1.29 is 13.6 Å². The quantitative estimate of drug-likeness (QED) is 0.531. The van der Waals surface area contributed by atoms with Gasteiger partial charge < -0.3 is 5.32 Å².